The van der Waals surface area contributed by atoms with Gasteiger partial charge in [0.2, 0.25) is 0 Å². The fourth-order valence-electron chi connectivity index (χ4n) is 1.09. The van der Waals surface area contributed by atoms with Crippen molar-refractivity contribution in [2.75, 3.05) is 0 Å². The first-order valence-corrected chi connectivity index (χ1v) is 5.46. The van der Waals surface area contributed by atoms with Gasteiger partial charge >= 0.3 is 0 Å². The molecule has 1 aromatic carbocycles. The highest BCUT2D eigenvalue weighted by Gasteiger charge is 2.04. The van der Waals surface area contributed by atoms with E-state index in [0.717, 1.165) is 4.47 Å². The highest BCUT2D eigenvalue weighted by atomic mass is 79.9. The second-order valence-corrected chi connectivity index (χ2v) is 4.10. The Balaban J connectivity index is 2.30. The van der Waals surface area contributed by atoms with Gasteiger partial charge in [-0.05, 0) is 28.1 Å². The number of ether oxygens (including phenoxy) is 1. The Labute approximate surface area is 101 Å². The molecule has 1 heterocycles. The van der Waals surface area contributed by atoms with Gasteiger partial charge in [0.25, 0.3) is 0 Å². The smallest absolute Gasteiger partial charge is 0.146 e. The van der Waals surface area contributed by atoms with Crippen LogP contribution in [0.25, 0.3) is 0 Å². The third kappa shape index (κ3) is 2.49. The second-order valence-electron chi connectivity index (χ2n) is 2.84. The maximum atomic E-state index is 5.97. The van der Waals surface area contributed by atoms with E-state index in [1.807, 2.05) is 18.2 Å². The van der Waals surface area contributed by atoms with Gasteiger partial charge in [-0.15, -0.1) is 0 Å². The lowest BCUT2D eigenvalue weighted by molar-refractivity contribution is 0.479. The van der Waals surface area contributed by atoms with Crippen LogP contribution in [0.15, 0.2) is 47.2 Å². The molecule has 1 aromatic heterocycles. The molecule has 0 N–H and O–H groups in total. The van der Waals surface area contributed by atoms with Crippen LogP contribution in [0.4, 0.5) is 0 Å². The van der Waals surface area contributed by atoms with Crippen molar-refractivity contribution >= 4 is 27.5 Å². The first kappa shape index (κ1) is 10.5. The Morgan fingerprint density at radius 1 is 1.13 bits per heavy atom. The quantitative estimate of drug-likeness (QED) is 0.821. The number of hydrogen-bond donors (Lipinski definition) is 0. The molecule has 2 nitrogen and oxygen atoms in total. The minimum atomic E-state index is 0.584. The number of para-hydroxylation sites is 1. The summed E-state index contributed by atoms with van der Waals surface area (Å²) in [6, 6.07) is 9.10. The molecule has 0 aliphatic heterocycles. The zero-order valence-corrected chi connectivity index (χ0v) is 9.99. The Kier molecular flexibility index (Phi) is 3.23. The molecule has 0 amide bonds. The third-order valence-corrected chi connectivity index (χ3v) is 2.70. The van der Waals surface area contributed by atoms with Crippen LogP contribution in [0.3, 0.4) is 0 Å². The van der Waals surface area contributed by atoms with Crippen LogP contribution >= 0.6 is 27.5 Å². The van der Waals surface area contributed by atoms with Gasteiger partial charge in [0, 0.05) is 18.5 Å². The van der Waals surface area contributed by atoms with Crippen molar-refractivity contribution in [3.8, 4) is 11.5 Å². The fourth-order valence-corrected chi connectivity index (χ4v) is 1.60. The van der Waals surface area contributed by atoms with E-state index in [4.69, 9.17) is 16.3 Å². The van der Waals surface area contributed by atoms with Crippen LogP contribution in [0.5, 0.6) is 11.5 Å². The zero-order valence-electron chi connectivity index (χ0n) is 7.65. The monoisotopic (exact) mass is 283 g/mol. The molecular formula is C11H7BrClNO. The number of pyridine rings is 1. The van der Waals surface area contributed by atoms with E-state index in [-0.39, 0.29) is 0 Å². The van der Waals surface area contributed by atoms with E-state index in [1.165, 1.54) is 0 Å². The van der Waals surface area contributed by atoms with Crippen LogP contribution in [0.2, 0.25) is 5.02 Å². The van der Waals surface area contributed by atoms with Gasteiger partial charge < -0.3 is 4.74 Å². The summed E-state index contributed by atoms with van der Waals surface area (Å²) in [6.45, 7) is 0. The summed E-state index contributed by atoms with van der Waals surface area (Å²) in [5, 5.41) is 0.584. The summed E-state index contributed by atoms with van der Waals surface area (Å²) in [5.41, 5.74) is 0. The predicted molar refractivity (Wildman–Crippen MR) is 63.5 cm³/mol. The van der Waals surface area contributed by atoms with Gasteiger partial charge in [-0.2, -0.15) is 0 Å². The molecule has 0 fully saturated rings. The fraction of sp³-hybridized carbons (Fsp3) is 0. The number of rotatable bonds is 2. The van der Waals surface area contributed by atoms with Gasteiger partial charge in [0.15, 0.2) is 0 Å². The Hall–Kier alpha value is -1.06. The summed E-state index contributed by atoms with van der Waals surface area (Å²) < 4.78 is 6.42. The molecular weight excluding hydrogens is 277 g/mol. The highest BCUT2D eigenvalue weighted by Crippen LogP contribution is 2.32. The van der Waals surface area contributed by atoms with Crippen LogP contribution in [0.1, 0.15) is 0 Å². The number of aromatic nitrogens is 1. The molecule has 0 radical (unpaired) electrons. The van der Waals surface area contributed by atoms with Gasteiger partial charge in [0.1, 0.15) is 11.5 Å². The Morgan fingerprint density at radius 2 is 1.93 bits per heavy atom. The Bertz CT molecular complexity index is 432. The minimum Gasteiger partial charge on any atom is -0.454 e. The van der Waals surface area contributed by atoms with Crippen LogP contribution in [-0.2, 0) is 0 Å². The molecule has 0 unspecified atom stereocenters. The topological polar surface area (TPSA) is 22.1 Å². The molecule has 0 saturated heterocycles. The summed E-state index contributed by atoms with van der Waals surface area (Å²) in [6.07, 6.45) is 3.34. The van der Waals surface area contributed by atoms with Crippen LogP contribution in [-0.4, -0.2) is 4.98 Å². The molecule has 0 saturated carbocycles. The van der Waals surface area contributed by atoms with Crippen LogP contribution < -0.4 is 4.74 Å². The highest BCUT2D eigenvalue weighted by molar-refractivity contribution is 9.10. The van der Waals surface area contributed by atoms with Crippen molar-refractivity contribution < 1.29 is 4.74 Å². The van der Waals surface area contributed by atoms with Crippen molar-refractivity contribution in [2.45, 2.75) is 0 Å². The SMILES string of the molecule is Clc1ccccc1Oc1ccncc1Br. The summed E-state index contributed by atoms with van der Waals surface area (Å²) in [7, 11) is 0. The van der Waals surface area contributed by atoms with Crippen LogP contribution in [0, 0.1) is 0 Å². The molecule has 76 valence electrons. The second kappa shape index (κ2) is 4.64. The summed E-state index contributed by atoms with van der Waals surface area (Å²) >= 11 is 9.32. The number of halogens is 2. The molecule has 0 bridgehead atoms. The van der Waals surface area contributed by atoms with E-state index in [2.05, 4.69) is 20.9 Å². The normalized spacial score (nSPS) is 10.0. The molecule has 0 aliphatic carbocycles. The first-order chi connectivity index (χ1) is 7.27. The van der Waals surface area contributed by atoms with Crippen molar-refractivity contribution in [1.29, 1.82) is 0 Å². The van der Waals surface area contributed by atoms with Crippen molar-refractivity contribution in [3.05, 3.63) is 52.2 Å². The molecule has 15 heavy (non-hydrogen) atoms. The number of hydrogen-bond acceptors (Lipinski definition) is 2. The van der Waals surface area contributed by atoms with E-state index in [0.29, 0.717) is 16.5 Å². The van der Waals surface area contributed by atoms with E-state index < -0.39 is 0 Å². The van der Waals surface area contributed by atoms with Crippen molar-refractivity contribution in [3.63, 3.8) is 0 Å². The number of nitrogens with zero attached hydrogens (tertiary/aromatic N) is 1. The Morgan fingerprint density at radius 3 is 2.67 bits per heavy atom. The lowest BCUT2D eigenvalue weighted by Crippen LogP contribution is -1.86. The molecule has 0 aliphatic rings. The zero-order chi connectivity index (χ0) is 10.7. The van der Waals surface area contributed by atoms with Gasteiger partial charge in [-0.1, -0.05) is 23.7 Å². The van der Waals surface area contributed by atoms with Gasteiger partial charge in [-0.3, -0.25) is 4.98 Å². The molecule has 2 rings (SSSR count). The minimum absolute atomic E-state index is 0.584. The van der Waals surface area contributed by atoms with Crippen molar-refractivity contribution in [1.82, 2.24) is 4.98 Å². The van der Waals surface area contributed by atoms with Crippen molar-refractivity contribution in [2.24, 2.45) is 0 Å². The standard InChI is InChI=1S/C11H7BrClNO/c12-8-7-14-6-5-10(8)15-11-4-2-1-3-9(11)13/h1-7H. The maximum Gasteiger partial charge on any atom is 0.146 e. The first-order valence-electron chi connectivity index (χ1n) is 4.29. The lowest BCUT2D eigenvalue weighted by Gasteiger charge is -2.07. The molecule has 2 aromatic rings. The molecule has 0 atom stereocenters. The third-order valence-electron chi connectivity index (χ3n) is 1.79. The van der Waals surface area contributed by atoms with Gasteiger partial charge in [-0.25, -0.2) is 0 Å². The summed E-state index contributed by atoms with van der Waals surface area (Å²) in [4.78, 5) is 3.95. The van der Waals surface area contributed by atoms with E-state index in [9.17, 15) is 0 Å². The largest absolute Gasteiger partial charge is 0.454 e. The molecule has 0 spiro atoms. The average molecular weight is 285 g/mol. The maximum absolute atomic E-state index is 5.97. The van der Waals surface area contributed by atoms with Gasteiger partial charge in [0.05, 0.1) is 9.50 Å². The number of benzene rings is 1. The lowest BCUT2D eigenvalue weighted by atomic mass is 10.3. The summed E-state index contributed by atoms with van der Waals surface area (Å²) in [5.74, 6) is 1.32. The van der Waals surface area contributed by atoms with E-state index >= 15 is 0 Å². The van der Waals surface area contributed by atoms with E-state index in [1.54, 1.807) is 24.5 Å². The predicted octanol–water partition coefficient (Wildman–Crippen LogP) is 4.29. The average Bonchev–Trinajstić information content (AvgIpc) is 2.24. The molecule has 4 heteroatoms.